The highest BCUT2D eigenvalue weighted by Gasteiger charge is 2.46. The van der Waals surface area contributed by atoms with E-state index < -0.39 is 30.6 Å². The maximum atomic E-state index is 13.3. The van der Waals surface area contributed by atoms with Crippen molar-refractivity contribution in [2.75, 3.05) is 13.1 Å². The van der Waals surface area contributed by atoms with Crippen LogP contribution in [0.5, 0.6) is 0 Å². The van der Waals surface area contributed by atoms with Crippen LogP contribution < -0.4 is 5.73 Å². The number of aliphatic hydroxyl groups excluding tert-OH is 3. The van der Waals surface area contributed by atoms with Crippen LogP contribution in [0.15, 0.2) is 0 Å². The first-order valence-corrected chi connectivity index (χ1v) is 18.7. The zero-order valence-electron chi connectivity index (χ0n) is 28.8. The van der Waals surface area contributed by atoms with Gasteiger partial charge in [0, 0.05) is 19.5 Å². The van der Waals surface area contributed by atoms with Crippen molar-refractivity contribution >= 4 is 18.3 Å². The van der Waals surface area contributed by atoms with Crippen LogP contribution in [0.3, 0.4) is 0 Å². The van der Waals surface area contributed by atoms with Gasteiger partial charge in [-0.3, -0.25) is 4.79 Å². The van der Waals surface area contributed by atoms with Crippen LogP contribution in [0.25, 0.3) is 0 Å². The molecule has 0 aromatic carbocycles. The molecule has 1 rings (SSSR count). The minimum atomic E-state index is -1.39. The Hall–Kier alpha value is -0.440. The third-order valence-electron chi connectivity index (χ3n) is 9.29. The molecule has 0 bridgehead atoms. The third-order valence-corrected chi connectivity index (χ3v) is 9.29. The first-order chi connectivity index (χ1) is 21.0. The molecule has 1 fully saturated rings. The number of carbonyl (C=O) groups excluding carboxylic acids is 1. The fraction of sp³-hybridized carbons (Fsp3) is 0.972. The van der Waals surface area contributed by atoms with Crippen LogP contribution in [-0.4, -0.2) is 69.9 Å². The summed E-state index contributed by atoms with van der Waals surface area (Å²) in [6.45, 7) is 5.00. The molecule has 0 aromatic heterocycles. The molecule has 1 aliphatic rings. The van der Waals surface area contributed by atoms with Crippen LogP contribution in [0.4, 0.5) is 0 Å². The topological polar surface area (TPSA) is 116 Å². The van der Waals surface area contributed by atoms with Gasteiger partial charge in [-0.2, -0.15) is 0 Å². The Labute approximate surface area is 277 Å². The van der Waals surface area contributed by atoms with E-state index in [4.69, 9.17) is 10.5 Å². The zero-order chi connectivity index (χ0) is 31.5. The highest BCUT2D eigenvalue weighted by atomic mass is 35.5. The number of hydrogen-bond acceptors (Lipinski definition) is 6. The van der Waals surface area contributed by atoms with E-state index in [2.05, 4.69) is 13.8 Å². The monoisotopic (exact) mass is 649 g/mol. The highest BCUT2D eigenvalue weighted by molar-refractivity contribution is 5.85. The van der Waals surface area contributed by atoms with Gasteiger partial charge in [-0.1, -0.05) is 162 Å². The van der Waals surface area contributed by atoms with E-state index in [1.54, 1.807) is 4.90 Å². The molecule has 5 atom stereocenters. The van der Waals surface area contributed by atoms with E-state index >= 15 is 0 Å². The van der Waals surface area contributed by atoms with Crippen molar-refractivity contribution in [2.45, 2.75) is 211 Å². The van der Waals surface area contributed by atoms with Gasteiger partial charge in [-0.15, -0.1) is 12.4 Å². The number of rotatable bonds is 29. The fourth-order valence-electron chi connectivity index (χ4n) is 6.34. The summed E-state index contributed by atoms with van der Waals surface area (Å²) >= 11 is 0. The lowest BCUT2D eigenvalue weighted by Gasteiger charge is -2.45. The number of amides is 1. The second-order valence-electron chi connectivity index (χ2n) is 13.2. The molecule has 1 aliphatic heterocycles. The Morgan fingerprint density at radius 3 is 1.32 bits per heavy atom. The molecule has 5 N–H and O–H groups in total. The van der Waals surface area contributed by atoms with Crippen molar-refractivity contribution < 1.29 is 24.9 Å². The first kappa shape index (κ1) is 43.6. The van der Waals surface area contributed by atoms with Crippen molar-refractivity contribution in [3.63, 3.8) is 0 Å². The first-order valence-electron chi connectivity index (χ1n) is 18.7. The summed E-state index contributed by atoms with van der Waals surface area (Å²) in [4.78, 5) is 14.9. The van der Waals surface area contributed by atoms with Gasteiger partial charge in [0.25, 0.3) is 0 Å². The molecule has 7 nitrogen and oxygen atoms in total. The molecular weight excluding hydrogens is 576 g/mol. The van der Waals surface area contributed by atoms with E-state index in [1.165, 1.54) is 122 Å². The normalized spacial score (nSPS) is 21.7. The van der Waals surface area contributed by atoms with Gasteiger partial charge >= 0.3 is 0 Å². The predicted molar refractivity (Wildman–Crippen MR) is 186 cm³/mol. The molecular formula is C36H73ClN2O5. The standard InChI is InChI=1S/C36H72N2O5.ClH/c1-3-5-7-9-11-13-14-15-16-17-18-19-21-23-25-27-29-38(36-35(42)34(41)33(40)31(30-37)43-36)32(39)28-26-24-22-20-12-10-8-6-4-2;/h31,33-36,40-42H,3-30,37H2,1-2H3;1H/t31-,33-,34+,35-,36-;/m1./s1. The second kappa shape index (κ2) is 29.9. The van der Waals surface area contributed by atoms with E-state index in [9.17, 15) is 20.1 Å². The van der Waals surface area contributed by atoms with Crippen molar-refractivity contribution in [2.24, 2.45) is 5.73 Å². The molecule has 1 saturated heterocycles. The maximum absolute atomic E-state index is 13.3. The van der Waals surface area contributed by atoms with Crippen molar-refractivity contribution in [1.82, 2.24) is 4.90 Å². The summed E-state index contributed by atoms with van der Waals surface area (Å²) in [6, 6.07) is 0. The minimum absolute atomic E-state index is 0. The molecule has 0 aliphatic carbocycles. The molecule has 0 spiro atoms. The van der Waals surface area contributed by atoms with Gasteiger partial charge < -0.3 is 30.7 Å². The van der Waals surface area contributed by atoms with E-state index in [1.807, 2.05) is 0 Å². The zero-order valence-corrected chi connectivity index (χ0v) is 29.6. The van der Waals surface area contributed by atoms with Crippen LogP contribution in [0, 0.1) is 0 Å². The van der Waals surface area contributed by atoms with Gasteiger partial charge in [-0.05, 0) is 12.8 Å². The van der Waals surface area contributed by atoms with Crippen molar-refractivity contribution in [3.8, 4) is 0 Å². The lowest BCUT2D eigenvalue weighted by atomic mass is 9.97. The Kier molecular flexibility index (Phi) is 29.6. The molecule has 0 unspecified atom stereocenters. The van der Waals surface area contributed by atoms with Gasteiger partial charge in [0.15, 0.2) is 6.23 Å². The Balaban J connectivity index is 0.0000185. The smallest absolute Gasteiger partial charge is 0.224 e. The lowest BCUT2D eigenvalue weighted by Crippen LogP contribution is -2.64. The molecule has 44 heavy (non-hydrogen) atoms. The van der Waals surface area contributed by atoms with Crippen LogP contribution in [0.1, 0.15) is 181 Å². The summed E-state index contributed by atoms with van der Waals surface area (Å²) in [6.07, 6.45) is 25.9. The summed E-state index contributed by atoms with van der Waals surface area (Å²) in [5, 5.41) is 31.4. The lowest BCUT2D eigenvalue weighted by molar-refractivity contribution is -0.254. The molecule has 1 amide bonds. The van der Waals surface area contributed by atoms with Gasteiger partial charge in [-0.25, -0.2) is 0 Å². The molecule has 264 valence electrons. The van der Waals surface area contributed by atoms with E-state index in [0.717, 1.165) is 38.5 Å². The highest BCUT2D eigenvalue weighted by Crippen LogP contribution is 2.25. The number of nitrogens with two attached hydrogens (primary N) is 1. The fourth-order valence-corrected chi connectivity index (χ4v) is 6.34. The largest absolute Gasteiger partial charge is 0.388 e. The van der Waals surface area contributed by atoms with Gasteiger partial charge in [0.1, 0.15) is 24.4 Å². The number of halogens is 1. The summed E-state index contributed by atoms with van der Waals surface area (Å²) < 4.78 is 5.90. The Morgan fingerprint density at radius 1 is 0.568 bits per heavy atom. The van der Waals surface area contributed by atoms with Crippen LogP contribution in [-0.2, 0) is 9.53 Å². The van der Waals surface area contributed by atoms with Crippen molar-refractivity contribution in [1.29, 1.82) is 0 Å². The Morgan fingerprint density at radius 2 is 0.932 bits per heavy atom. The molecule has 0 saturated carbocycles. The molecule has 1 heterocycles. The number of unbranched alkanes of at least 4 members (excludes halogenated alkanes) is 23. The Bertz CT molecular complexity index is 642. The average Bonchev–Trinajstić information content (AvgIpc) is 3.01. The molecule has 0 aromatic rings. The van der Waals surface area contributed by atoms with E-state index in [0.29, 0.717) is 13.0 Å². The average molecular weight is 649 g/mol. The SMILES string of the molecule is CCCCCCCCCCCCCCCCCCN(C(=O)CCCCCCCCCCC)[C@@H]1O[C@H](CN)[C@@H](O)[C@H](O)[C@H]1O.Cl. The summed E-state index contributed by atoms with van der Waals surface area (Å²) in [7, 11) is 0. The molecule has 0 radical (unpaired) electrons. The van der Waals surface area contributed by atoms with Crippen LogP contribution >= 0.6 is 12.4 Å². The van der Waals surface area contributed by atoms with Gasteiger partial charge in [0.05, 0.1) is 0 Å². The summed E-state index contributed by atoms with van der Waals surface area (Å²) in [5.74, 6) is -0.0488. The maximum Gasteiger partial charge on any atom is 0.224 e. The van der Waals surface area contributed by atoms with Crippen LogP contribution in [0.2, 0.25) is 0 Å². The quantitative estimate of drug-likeness (QED) is 0.0608. The predicted octanol–water partition coefficient (Wildman–Crippen LogP) is 8.19. The number of ether oxygens (including phenoxy) is 1. The third kappa shape index (κ3) is 19.9. The number of aliphatic hydroxyl groups is 3. The number of carbonyl (C=O) groups is 1. The van der Waals surface area contributed by atoms with Crippen molar-refractivity contribution in [3.05, 3.63) is 0 Å². The van der Waals surface area contributed by atoms with Gasteiger partial charge in [0.2, 0.25) is 5.91 Å². The second-order valence-corrected chi connectivity index (χ2v) is 13.2. The van der Waals surface area contributed by atoms with E-state index in [-0.39, 0.29) is 24.9 Å². The minimum Gasteiger partial charge on any atom is -0.388 e. The number of nitrogens with zero attached hydrogens (tertiary/aromatic N) is 1. The summed E-state index contributed by atoms with van der Waals surface area (Å²) in [5.41, 5.74) is 5.76. The number of hydrogen-bond donors (Lipinski definition) is 4. The molecule has 8 heteroatoms.